The van der Waals surface area contributed by atoms with Gasteiger partial charge in [-0.2, -0.15) is 0 Å². The van der Waals surface area contributed by atoms with E-state index < -0.39 is 11.6 Å². The summed E-state index contributed by atoms with van der Waals surface area (Å²) in [6.07, 6.45) is 0.0117. The standard InChI is InChI=1S/C15H15ClN2O4/c16-11-9-3-1-2-4-10(9)17-12(11)13(19)18-7-5-15(22,6-8-18)14(20)21/h1-4,17,22H,5-8H2,(H,20,21). The molecule has 7 heteroatoms. The van der Waals surface area contributed by atoms with Crippen LogP contribution in [0.2, 0.25) is 5.02 Å². The summed E-state index contributed by atoms with van der Waals surface area (Å²) in [5.41, 5.74) is -0.681. The van der Waals surface area contributed by atoms with Crippen molar-refractivity contribution in [2.75, 3.05) is 13.1 Å². The molecule has 0 atom stereocenters. The molecule has 1 amide bonds. The zero-order chi connectivity index (χ0) is 15.9. The number of amides is 1. The maximum absolute atomic E-state index is 12.6. The molecule has 1 saturated heterocycles. The van der Waals surface area contributed by atoms with Crippen LogP contribution < -0.4 is 0 Å². The topological polar surface area (TPSA) is 93.6 Å². The van der Waals surface area contributed by atoms with Crippen molar-refractivity contribution in [1.29, 1.82) is 0 Å². The lowest BCUT2D eigenvalue weighted by atomic mass is 9.91. The minimum absolute atomic E-state index is 0.00587. The van der Waals surface area contributed by atoms with E-state index in [2.05, 4.69) is 4.98 Å². The Kier molecular flexibility index (Phi) is 3.58. The Bertz CT molecular complexity index is 747. The minimum Gasteiger partial charge on any atom is -0.479 e. The van der Waals surface area contributed by atoms with Crippen LogP contribution in [0.3, 0.4) is 0 Å². The number of carboxylic acid groups (broad SMARTS) is 1. The number of nitrogens with zero attached hydrogens (tertiary/aromatic N) is 1. The molecule has 2 aromatic rings. The maximum Gasteiger partial charge on any atom is 0.335 e. The zero-order valence-electron chi connectivity index (χ0n) is 11.7. The Hall–Kier alpha value is -2.05. The van der Waals surface area contributed by atoms with Crippen LogP contribution in [-0.2, 0) is 4.79 Å². The Morgan fingerprint density at radius 3 is 2.45 bits per heavy atom. The molecule has 1 fully saturated rings. The van der Waals surface area contributed by atoms with Gasteiger partial charge in [-0.3, -0.25) is 4.79 Å². The van der Waals surface area contributed by atoms with Gasteiger partial charge in [0.2, 0.25) is 0 Å². The highest BCUT2D eigenvalue weighted by Crippen LogP contribution is 2.30. The molecule has 6 nitrogen and oxygen atoms in total. The number of para-hydroxylation sites is 1. The van der Waals surface area contributed by atoms with Gasteiger partial charge in [0.15, 0.2) is 5.60 Å². The van der Waals surface area contributed by atoms with E-state index in [1.165, 1.54) is 4.90 Å². The highest BCUT2D eigenvalue weighted by atomic mass is 35.5. The number of carbonyl (C=O) groups is 2. The van der Waals surface area contributed by atoms with Crippen LogP contribution in [-0.4, -0.2) is 50.7 Å². The van der Waals surface area contributed by atoms with Crippen LogP contribution in [0.1, 0.15) is 23.3 Å². The van der Waals surface area contributed by atoms with Crippen LogP contribution in [0.5, 0.6) is 0 Å². The van der Waals surface area contributed by atoms with Crippen molar-refractivity contribution in [1.82, 2.24) is 9.88 Å². The van der Waals surface area contributed by atoms with Gasteiger partial charge in [0.25, 0.3) is 5.91 Å². The second-order valence-corrected chi connectivity index (χ2v) is 5.87. The average molecular weight is 323 g/mol. The Balaban J connectivity index is 1.83. The zero-order valence-corrected chi connectivity index (χ0v) is 12.4. The average Bonchev–Trinajstić information content (AvgIpc) is 2.85. The van der Waals surface area contributed by atoms with E-state index in [1.54, 1.807) is 0 Å². The van der Waals surface area contributed by atoms with Crippen molar-refractivity contribution in [3.8, 4) is 0 Å². The first-order valence-corrected chi connectivity index (χ1v) is 7.31. The predicted molar refractivity (Wildman–Crippen MR) is 81.0 cm³/mol. The number of carbonyl (C=O) groups excluding carboxylic acids is 1. The fourth-order valence-electron chi connectivity index (χ4n) is 2.71. The summed E-state index contributed by atoms with van der Waals surface area (Å²) in [6.45, 7) is 0.348. The minimum atomic E-state index is -1.75. The number of hydrogen-bond donors (Lipinski definition) is 3. The number of fused-ring (bicyclic) bond motifs is 1. The number of nitrogens with one attached hydrogen (secondary N) is 1. The van der Waals surface area contributed by atoms with Gasteiger partial charge < -0.3 is 20.1 Å². The van der Waals surface area contributed by atoms with Crippen molar-refractivity contribution in [3.05, 3.63) is 35.0 Å². The van der Waals surface area contributed by atoms with Crippen molar-refractivity contribution >= 4 is 34.4 Å². The molecule has 1 aliphatic heterocycles. The van der Waals surface area contributed by atoms with Gasteiger partial charge in [0.1, 0.15) is 5.69 Å². The summed E-state index contributed by atoms with van der Waals surface area (Å²) in [5, 5.41) is 20.0. The fraction of sp³-hybridized carbons (Fsp3) is 0.333. The Morgan fingerprint density at radius 2 is 1.86 bits per heavy atom. The summed E-state index contributed by atoms with van der Waals surface area (Å²) in [6, 6.07) is 7.34. The van der Waals surface area contributed by atoms with Gasteiger partial charge in [-0.05, 0) is 6.07 Å². The number of H-pyrrole nitrogens is 1. The Labute approximate surface area is 131 Å². The van der Waals surface area contributed by atoms with Gasteiger partial charge in [-0.25, -0.2) is 4.79 Å². The van der Waals surface area contributed by atoms with E-state index in [-0.39, 0.29) is 31.8 Å². The molecule has 3 N–H and O–H groups in total. The lowest BCUT2D eigenvalue weighted by Gasteiger charge is -2.35. The lowest BCUT2D eigenvalue weighted by Crippen LogP contribution is -2.50. The molecule has 0 bridgehead atoms. The number of aromatic amines is 1. The monoisotopic (exact) mass is 322 g/mol. The van der Waals surface area contributed by atoms with Crippen molar-refractivity contribution < 1.29 is 19.8 Å². The van der Waals surface area contributed by atoms with E-state index in [4.69, 9.17) is 16.7 Å². The molecule has 22 heavy (non-hydrogen) atoms. The number of piperidine rings is 1. The van der Waals surface area contributed by atoms with Crippen LogP contribution in [0, 0.1) is 0 Å². The number of likely N-dealkylation sites (tertiary alicyclic amines) is 1. The normalized spacial score (nSPS) is 17.6. The molecular weight excluding hydrogens is 308 g/mol. The van der Waals surface area contributed by atoms with Crippen molar-refractivity contribution in [2.45, 2.75) is 18.4 Å². The molecule has 1 aromatic heterocycles. The second-order valence-electron chi connectivity index (χ2n) is 5.49. The molecule has 0 aliphatic carbocycles. The molecule has 116 valence electrons. The summed E-state index contributed by atoms with van der Waals surface area (Å²) in [7, 11) is 0. The largest absolute Gasteiger partial charge is 0.479 e. The number of benzene rings is 1. The molecular formula is C15H15ClN2O4. The molecule has 1 aliphatic rings. The van der Waals surface area contributed by atoms with Crippen LogP contribution in [0.15, 0.2) is 24.3 Å². The van der Waals surface area contributed by atoms with E-state index in [1.807, 2.05) is 24.3 Å². The summed E-state index contributed by atoms with van der Waals surface area (Å²) in [5.74, 6) is -1.53. The molecule has 0 spiro atoms. The third-order valence-electron chi connectivity index (χ3n) is 4.13. The van der Waals surface area contributed by atoms with Gasteiger partial charge in [-0.15, -0.1) is 0 Å². The number of aliphatic hydroxyl groups is 1. The number of carboxylic acids is 1. The first-order chi connectivity index (χ1) is 10.4. The fourth-order valence-corrected chi connectivity index (χ4v) is 3.00. The van der Waals surface area contributed by atoms with Crippen molar-refractivity contribution in [3.63, 3.8) is 0 Å². The highest BCUT2D eigenvalue weighted by Gasteiger charge is 2.40. The van der Waals surface area contributed by atoms with Crippen molar-refractivity contribution in [2.24, 2.45) is 0 Å². The molecule has 0 saturated carbocycles. The first kappa shape index (κ1) is 14.9. The quantitative estimate of drug-likeness (QED) is 0.787. The number of rotatable bonds is 2. The van der Waals surface area contributed by atoms with E-state index >= 15 is 0 Å². The summed E-state index contributed by atoms with van der Waals surface area (Å²) in [4.78, 5) is 28.1. The second kappa shape index (κ2) is 5.30. The van der Waals surface area contributed by atoms with Crippen LogP contribution in [0.4, 0.5) is 0 Å². The predicted octanol–water partition coefficient (Wildman–Crippen LogP) is 1.87. The van der Waals surface area contributed by atoms with Crippen LogP contribution in [0.25, 0.3) is 10.9 Å². The number of aliphatic carboxylic acids is 1. The third kappa shape index (κ3) is 2.34. The molecule has 3 rings (SSSR count). The maximum atomic E-state index is 12.6. The van der Waals surface area contributed by atoms with Crippen LogP contribution >= 0.6 is 11.6 Å². The van der Waals surface area contributed by atoms with E-state index in [0.717, 1.165) is 10.9 Å². The Morgan fingerprint density at radius 1 is 1.23 bits per heavy atom. The first-order valence-electron chi connectivity index (χ1n) is 6.93. The van der Waals surface area contributed by atoms with Gasteiger partial charge in [0, 0.05) is 36.8 Å². The number of halogens is 1. The molecule has 1 aromatic carbocycles. The summed E-state index contributed by atoms with van der Waals surface area (Å²) >= 11 is 6.26. The third-order valence-corrected chi connectivity index (χ3v) is 4.53. The number of aromatic nitrogens is 1. The highest BCUT2D eigenvalue weighted by molar-refractivity contribution is 6.38. The lowest BCUT2D eigenvalue weighted by molar-refractivity contribution is -0.162. The smallest absolute Gasteiger partial charge is 0.335 e. The molecule has 2 heterocycles. The van der Waals surface area contributed by atoms with Gasteiger partial charge in [-0.1, -0.05) is 29.8 Å². The van der Waals surface area contributed by atoms with E-state index in [0.29, 0.717) is 10.7 Å². The SMILES string of the molecule is O=C(c1[nH]c2ccccc2c1Cl)N1CCC(O)(C(=O)O)CC1. The summed E-state index contributed by atoms with van der Waals surface area (Å²) < 4.78 is 0. The van der Waals surface area contributed by atoms with Gasteiger partial charge in [0.05, 0.1) is 5.02 Å². The number of hydrogen-bond acceptors (Lipinski definition) is 3. The molecule has 0 unspecified atom stereocenters. The molecule has 0 radical (unpaired) electrons. The van der Waals surface area contributed by atoms with Gasteiger partial charge >= 0.3 is 5.97 Å². The van der Waals surface area contributed by atoms with E-state index in [9.17, 15) is 14.7 Å².